The fourth-order valence-electron chi connectivity index (χ4n) is 1.93. The van der Waals surface area contributed by atoms with Crippen molar-refractivity contribution in [2.75, 3.05) is 20.3 Å². The molecule has 0 unspecified atom stereocenters. The van der Waals surface area contributed by atoms with Gasteiger partial charge in [0.1, 0.15) is 0 Å². The summed E-state index contributed by atoms with van der Waals surface area (Å²) in [4.78, 5) is 11.5. The molecule has 0 amide bonds. The highest BCUT2D eigenvalue weighted by Crippen LogP contribution is 2.30. The molecule has 4 nitrogen and oxygen atoms in total. The number of rotatable bonds is 5. The van der Waals surface area contributed by atoms with Crippen molar-refractivity contribution in [3.8, 4) is 0 Å². The molecule has 0 N–H and O–H groups in total. The van der Waals surface area contributed by atoms with E-state index in [0.29, 0.717) is 13.2 Å². The van der Waals surface area contributed by atoms with Gasteiger partial charge in [-0.2, -0.15) is 0 Å². The van der Waals surface area contributed by atoms with Gasteiger partial charge in [0.15, 0.2) is 5.79 Å². The molecule has 1 aliphatic heterocycles. The van der Waals surface area contributed by atoms with Gasteiger partial charge in [-0.25, -0.2) is 0 Å². The van der Waals surface area contributed by atoms with Gasteiger partial charge >= 0.3 is 5.97 Å². The van der Waals surface area contributed by atoms with Crippen LogP contribution in [0.4, 0.5) is 0 Å². The molecular formula is C12H22O4. The van der Waals surface area contributed by atoms with Crippen LogP contribution in [0.5, 0.6) is 0 Å². The zero-order valence-electron chi connectivity index (χ0n) is 10.7. The summed E-state index contributed by atoms with van der Waals surface area (Å²) in [6, 6.07) is 0. The Bertz CT molecular complexity index is 241. The van der Waals surface area contributed by atoms with E-state index in [-0.39, 0.29) is 5.97 Å². The Kier molecular flexibility index (Phi) is 4.33. The first-order chi connectivity index (χ1) is 7.40. The summed E-state index contributed by atoms with van der Waals surface area (Å²) in [7, 11) is 1.43. The predicted octanol–water partition coefficient (Wildman–Crippen LogP) is 2.12. The molecule has 1 aliphatic rings. The number of hydrogen-bond donors (Lipinski definition) is 0. The average molecular weight is 230 g/mol. The highest BCUT2D eigenvalue weighted by Gasteiger charge is 2.33. The Balaban J connectivity index is 2.31. The van der Waals surface area contributed by atoms with Gasteiger partial charge in [-0.3, -0.25) is 4.79 Å². The molecule has 0 aromatic heterocycles. The van der Waals surface area contributed by atoms with Crippen molar-refractivity contribution in [1.29, 1.82) is 0 Å². The summed E-state index contributed by atoms with van der Waals surface area (Å²) in [6.45, 7) is 7.08. The van der Waals surface area contributed by atoms with Crippen LogP contribution in [-0.2, 0) is 19.0 Å². The molecule has 0 aliphatic carbocycles. The Hall–Kier alpha value is -0.610. The number of ether oxygens (including phenoxy) is 3. The van der Waals surface area contributed by atoms with Gasteiger partial charge in [0.2, 0.25) is 0 Å². The lowest BCUT2D eigenvalue weighted by atomic mass is 9.86. The van der Waals surface area contributed by atoms with E-state index in [9.17, 15) is 4.79 Å². The second-order valence-electron chi connectivity index (χ2n) is 5.06. The van der Waals surface area contributed by atoms with Crippen molar-refractivity contribution in [2.24, 2.45) is 5.41 Å². The normalized spacial score (nSPS) is 19.8. The lowest BCUT2D eigenvalue weighted by Crippen LogP contribution is -2.29. The van der Waals surface area contributed by atoms with Gasteiger partial charge < -0.3 is 14.2 Å². The van der Waals surface area contributed by atoms with Crippen LogP contribution in [-0.4, -0.2) is 32.1 Å². The van der Waals surface area contributed by atoms with Gasteiger partial charge in [0.05, 0.1) is 25.7 Å². The van der Waals surface area contributed by atoms with Crippen LogP contribution in [0.25, 0.3) is 0 Å². The third-order valence-electron chi connectivity index (χ3n) is 3.07. The highest BCUT2D eigenvalue weighted by molar-refractivity contribution is 5.75. The molecule has 0 aromatic rings. The van der Waals surface area contributed by atoms with Gasteiger partial charge in [-0.05, 0) is 33.6 Å². The SMILES string of the molecule is COC(=O)C(C)(C)CCCC1(C)OCCO1. The molecule has 1 fully saturated rings. The summed E-state index contributed by atoms with van der Waals surface area (Å²) in [5, 5.41) is 0. The molecular weight excluding hydrogens is 208 g/mol. The zero-order valence-corrected chi connectivity index (χ0v) is 10.7. The smallest absolute Gasteiger partial charge is 0.311 e. The summed E-state index contributed by atoms with van der Waals surface area (Å²) >= 11 is 0. The van der Waals surface area contributed by atoms with Gasteiger partial charge in [-0.1, -0.05) is 0 Å². The van der Waals surface area contributed by atoms with E-state index < -0.39 is 11.2 Å². The number of carbonyl (C=O) groups is 1. The minimum atomic E-state index is -0.452. The van der Waals surface area contributed by atoms with Crippen LogP contribution >= 0.6 is 0 Å². The van der Waals surface area contributed by atoms with Crippen molar-refractivity contribution in [3.63, 3.8) is 0 Å². The fourth-order valence-corrected chi connectivity index (χ4v) is 1.93. The monoisotopic (exact) mass is 230 g/mol. The van der Waals surface area contributed by atoms with E-state index >= 15 is 0 Å². The lowest BCUT2D eigenvalue weighted by molar-refractivity contribution is -0.155. The van der Waals surface area contributed by atoms with Gasteiger partial charge in [-0.15, -0.1) is 0 Å². The third kappa shape index (κ3) is 3.46. The Morgan fingerprint density at radius 1 is 1.38 bits per heavy atom. The van der Waals surface area contributed by atoms with E-state index in [1.807, 2.05) is 20.8 Å². The average Bonchev–Trinajstić information content (AvgIpc) is 2.63. The van der Waals surface area contributed by atoms with Crippen molar-refractivity contribution < 1.29 is 19.0 Å². The molecule has 16 heavy (non-hydrogen) atoms. The minimum absolute atomic E-state index is 0.161. The van der Waals surface area contributed by atoms with Crippen molar-refractivity contribution in [1.82, 2.24) is 0 Å². The predicted molar refractivity (Wildman–Crippen MR) is 60.0 cm³/mol. The topological polar surface area (TPSA) is 44.8 Å². The first-order valence-electron chi connectivity index (χ1n) is 5.76. The second-order valence-corrected chi connectivity index (χ2v) is 5.06. The van der Waals surface area contributed by atoms with Crippen LogP contribution in [0, 0.1) is 5.41 Å². The molecule has 1 heterocycles. The Morgan fingerprint density at radius 3 is 2.44 bits per heavy atom. The zero-order chi connectivity index (χ0) is 12.2. The number of esters is 1. The molecule has 0 radical (unpaired) electrons. The minimum Gasteiger partial charge on any atom is -0.469 e. The van der Waals surface area contributed by atoms with E-state index in [4.69, 9.17) is 14.2 Å². The largest absolute Gasteiger partial charge is 0.469 e. The maximum atomic E-state index is 11.5. The number of methoxy groups -OCH3 is 1. The number of hydrogen-bond acceptors (Lipinski definition) is 4. The van der Waals surface area contributed by atoms with Crippen LogP contribution in [0.1, 0.15) is 40.0 Å². The molecule has 0 bridgehead atoms. The van der Waals surface area contributed by atoms with Crippen molar-refractivity contribution in [2.45, 2.75) is 45.8 Å². The van der Waals surface area contributed by atoms with Gasteiger partial charge in [0, 0.05) is 6.42 Å². The molecule has 1 saturated heterocycles. The van der Waals surface area contributed by atoms with E-state index in [0.717, 1.165) is 19.3 Å². The lowest BCUT2D eigenvalue weighted by Gasteiger charge is -2.25. The van der Waals surface area contributed by atoms with Crippen LogP contribution in [0.3, 0.4) is 0 Å². The van der Waals surface area contributed by atoms with Crippen LogP contribution in [0.15, 0.2) is 0 Å². The first kappa shape index (κ1) is 13.5. The molecule has 4 heteroatoms. The summed E-state index contributed by atoms with van der Waals surface area (Å²) in [5.41, 5.74) is -0.427. The van der Waals surface area contributed by atoms with Crippen molar-refractivity contribution >= 4 is 5.97 Å². The Morgan fingerprint density at radius 2 is 1.94 bits per heavy atom. The fraction of sp³-hybridized carbons (Fsp3) is 0.917. The molecule has 0 saturated carbocycles. The molecule has 1 rings (SSSR count). The molecule has 0 aromatic carbocycles. The standard InChI is InChI=1S/C12H22O4/c1-11(2,10(13)14-4)6-5-7-12(3)15-8-9-16-12/h5-9H2,1-4H3. The van der Waals surface area contributed by atoms with Crippen LogP contribution < -0.4 is 0 Å². The maximum absolute atomic E-state index is 11.5. The number of carbonyl (C=O) groups excluding carboxylic acids is 1. The summed E-state index contributed by atoms with van der Waals surface area (Å²) < 4.78 is 15.8. The molecule has 94 valence electrons. The third-order valence-corrected chi connectivity index (χ3v) is 3.07. The van der Waals surface area contributed by atoms with Crippen LogP contribution in [0.2, 0.25) is 0 Å². The van der Waals surface area contributed by atoms with Gasteiger partial charge in [0.25, 0.3) is 0 Å². The van der Waals surface area contributed by atoms with E-state index in [2.05, 4.69) is 0 Å². The van der Waals surface area contributed by atoms with E-state index in [1.54, 1.807) is 0 Å². The second kappa shape index (κ2) is 5.15. The summed E-state index contributed by atoms with van der Waals surface area (Å²) in [5.74, 6) is -0.613. The van der Waals surface area contributed by atoms with Crippen molar-refractivity contribution in [3.05, 3.63) is 0 Å². The highest BCUT2D eigenvalue weighted by atomic mass is 16.7. The molecule has 0 spiro atoms. The summed E-state index contributed by atoms with van der Waals surface area (Å²) in [6.07, 6.45) is 2.48. The quantitative estimate of drug-likeness (QED) is 0.679. The first-order valence-corrected chi connectivity index (χ1v) is 5.76. The Labute approximate surface area is 97.2 Å². The van der Waals surface area contributed by atoms with E-state index in [1.165, 1.54) is 7.11 Å². The molecule has 0 atom stereocenters. The maximum Gasteiger partial charge on any atom is 0.311 e.